The Bertz CT molecular complexity index is 669. The predicted octanol–water partition coefficient (Wildman–Crippen LogP) is 1.53. The average molecular weight is 319 g/mol. The fourth-order valence-electron chi connectivity index (χ4n) is 2.28. The summed E-state index contributed by atoms with van der Waals surface area (Å²) in [6.45, 7) is 2.05. The van der Waals surface area contributed by atoms with Gasteiger partial charge in [0.05, 0.1) is 32.7 Å². The van der Waals surface area contributed by atoms with Gasteiger partial charge >= 0.3 is 5.97 Å². The maximum Gasteiger partial charge on any atom is 0.323 e. The van der Waals surface area contributed by atoms with Gasteiger partial charge in [-0.2, -0.15) is 5.10 Å². The highest BCUT2D eigenvalue weighted by Gasteiger charge is 2.19. The largest absolute Gasteiger partial charge is 0.493 e. The molecule has 1 unspecified atom stereocenters. The number of rotatable bonds is 7. The van der Waals surface area contributed by atoms with E-state index >= 15 is 0 Å². The van der Waals surface area contributed by atoms with Crippen LogP contribution in [0.25, 0.3) is 11.3 Å². The molecule has 2 rings (SSSR count). The molecule has 1 heterocycles. The minimum Gasteiger partial charge on any atom is -0.493 e. The van der Waals surface area contributed by atoms with Crippen molar-refractivity contribution in [1.29, 1.82) is 0 Å². The van der Waals surface area contributed by atoms with Gasteiger partial charge in [0.15, 0.2) is 11.5 Å². The fraction of sp³-hybridized carbons (Fsp3) is 0.375. The molecule has 0 aliphatic heterocycles. The molecule has 0 saturated carbocycles. The number of carbonyl (C=O) groups is 1. The summed E-state index contributed by atoms with van der Waals surface area (Å²) in [5, 5.41) is 6.98. The number of esters is 1. The normalized spacial score (nSPS) is 11.8. The van der Waals surface area contributed by atoms with E-state index in [0.717, 1.165) is 16.8 Å². The number of nitrogens with one attached hydrogen (secondary N) is 1. The van der Waals surface area contributed by atoms with E-state index in [1.807, 2.05) is 18.2 Å². The van der Waals surface area contributed by atoms with Crippen molar-refractivity contribution in [3.8, 4) is 22.8 Å². The summed E-state index contributed by atoms with van der Waals surface area (Å²) in [6, 6.07) is 4.80. The van der Waals surface area contributed by atoms with Crippen molar-refractivity contribution in [3.63, 3.8) is 0 Å². The van der Waals surface area contributed by atoms with E-state index in [1.165, 1.54) is 0 Å². The van der Waals surface area contributed by atoms with Gasteiger partial charge in [-0.1, -0.05) is 0 Å². The molecule has 124 valence electrons. The van der Waals surface area contributed by atoms with Gasteiger partial charge in [-0.05, 0) is 30.7 Å². The molecule has 0 spiro atoms. The fourth-order valence-corrected chi connectivity index (χ4v) is 2.28. The minimum absolute atomic E-state index is 0.306. The Morgan fingerprint density at radius 2 is 2.04 bits per heavy atom. The monoisotopic (exact) mass is 319 g/mol. The summed E-state index contributed by atoms with van der Waals surface area (Å²) in [5.41, 5.74) is 8.36. The Labute approximate surface area is 134 Å². The van der Waals surface area contributed by atoms with Gasteiger partial charge in [0.2, 0.25) is 0 Å². The molecule has 0 aliphatic carbocycles. The summed E-state index contributed by atoms with van der Waals surface area (Å²) in [7, 11) is 3.16. The molecule has 7 heteroatoms. The van der Waals surface area contributed by atoms with Gasteiger partial charge in [0.25, 0.3) is 0 Å². The lowest BCUT2D eigenvalue weighted by molar-refractivity contribution is -0.144. The van der Waals surface area contributed by atoms with E-state index in [4.69, 9.17) is 19.9 Å². The number of hydrogen-bond acceptors (Lipinski definition) is 6. The van der Waals surface area contributed by atoms with Crippen molar-refractivity contribution in [2.24, 2.45) is 5.73 Å². The lowest BCUT2D eigenvalue weighted by Gasteiger charge is -2.12. The van der Waals surface area contributed by atoms with Crippen molar-refractivity contribution in [2.75, 3.05) is 20.8 Å². The van der Waals surface area contributed by atoms with Crippen molar-refractivity contribution < 1.29 is 19.0 Å². The molecule has 23 heavy (non-hydrogen) atoms. The molecule has 1 aromatic heterocycles. The van der Waals surface area contributed by atoms with Gasteiger partial charge in [-0.25, -0.2) is 0 Å². The second-order valence-corrected chi connectivity index (χ2v) is 4.90. The van der Waals surface area contributed by atoms with Gasteiger partial charge < -0.3 is 19.9 Å². The Balaban J connectivity index is 2.25. The molecule has 0 radical (unpaired) electrons. The molecule has 1 atom stereocenters. The van der Waals surface area contributed by atoms with Crippen molar-refractivity contribution >= 4 is 5.97 Å². The highest BCUT2D eigenvalue weighted by atomic mass is 16.5. The third-order valence-electron chi connectivity index (χ3n) is 3.42. The Morgan fingerprint density at radius 3 is 2.70 bits per heavy atom. The van der Waals surface area contributed by atoms with E-state index in [9.17, 15) is 4.79 Å². The second-order valence-electron chi connectivity index (χ2n) is 4.90. The summed E-state index contributed by atoms with van der Waals surface area (Å²) in [5.74, 6) is 0.827. The number of methoxy groups -OCH3 is 2. The van der Waals surface area contributed by atoms with Gasteiger partial charge in [-0.3, -0.25) is 9.89 Å². The van der Waals surface area contributed by atoms with Crippen molar-refractivity contribution in [3.05, 3.63) is 30.0 Å². The summed E-state index contributed by atoms with van der Waals surface area (Å²) in [6.07, 6.45) is 1.99. The summed E-state index contributed by atoms with van der Waals surface area (Å²) >= 11 is 0. The number of carbonyl (C=O) groups excluding carboxylic acids is 1. The zero-order valence-electron chi connectivity index (χ0n) is 13.5. The highest BCUT2D eigenvalue weighted by Crippen LogP contribution is 2.32. The number of nitrogens with zero attached hydrogens (tertiary/aromatic N) is 1. The van der Waals surface area contributed by atoms with E-state index < -0.39 is 12.0 Å². The third kappa shape index (κ3) is 3.81. The highest BCUT2D eigenvalue weighted by molar-refractivity contribution is 5.76. The molecule has 0 fully saturated rings. The second kappa shape index (κ2) is 7.64. The van der Waals surface area contributed by atoms with Crippen LogP contribution in [0.4, 0.5) is 0 Å². The molecule has 0 amide bonds. The molecule has 0 saturated heterocycles. The zero-order valence-corrected chi connectivity index (χ0v) is 13.5. The lowest BCUT2D eigenvalue weighted by atomic mass is 10.0. The van der Waals surface area contributed by atoms with Crippen LogP contribution in [0.2, 0.25) is 0 Å². The van der Waals surface area contributed by atoms with Gasteiger partial charge in [0, 0.05) is 12.0 Å². The summed E-state index contributed by atoms with van der Waals surface area (Å²) < 4.78 is 15.5. The first kappa shape index (κ1) is 16.8. The van der Waals surface area contributed by atoms with Crippen LogP contribution < -0.4 is 15.2 Å². The van der Waals surface area contributed by atoms with Crippen LogP contribution in [0.5, 0.6) is 11.5 Å². The number of H-pyrrole nitrogens is 1. The van der Waals surface area contributed by atoms with Crippen molar-refractivity contribution in [2.45, 2.75) is 19.4 Å². The maximum atomic E-state index is 11.7. The molecular formula is C16H21N3O4. The Kier molecular flexibility index (Phi) is 5.59. The quantitative estimate of drug-likeness (QED) is 0.751. The number of aromatic amines is 1. The molecular weight excluding hydrogens is 298 g/mol. The third-order valence-corrected chi connectivity index (χ3v) is 3.42. The smallest absolute Gasteiger partial charge is 0.323 e. The maximum absolute atomic E-state index is 11.7. The molecule has 3 N–H and O–H groups in total. The van der Waals surface area contributed by atoms with Gasteiger partial charge in [0.1, 0.15) is 6.04 Å². The molecule has 0 bridgehead atoms. The number of nitrogens with two attached hydrogens (primary N) is 1. The topological polar surface area (TPSA) is 99.5 Å². The first-order valence-corrected chi connectivity index (χ1v) is 7.27. The number of ether oxygens (including phenoxy) is 3. The van der Waals surface area contributed by atoms with E-state index in [-0.39, 0.29) is 0 Å². The SMILES string of the molecule is CCOC(=O)C(N)Cc1cn[nH]c1-c1ccc(OC)c(OC)c1. The van der Waals surface area contributed by atoms with Crippen LogP contribution in [0.3, 0.4) is 0 Å². The van der Waals surface area contributed by atoms with E-state index in [1.54, 1.807) is 27.3 Å². The van der Waals surface area contributed by atoms with Crippen LogP contribution in [-0.2, 0) is 16.0 Å². The Hall–Kier alpha value is -2.54. The minimum atomic E-state index is -0.730. The van der Waals surface area contributed by atoms with Crippen LogP contribution in [0, 0.1) is 0 Å². The lowest BCUT2D eigenvalue weighted by Crippen LogP contribution is -2.34. The number of benzene rings is 1. The first-order chi connectivity index (χ1) is 11.1. The summed E-state index contributed by atoms with van der Waals surface area (Å²) in [4.78, 5) is 11.7. The molecule has 2 aromatic rings. The zero-order chi connectivity index (χ0) is 16.8. The molecule has 7 nitrogen and oxygen atoms in total. The predicted molar refractivity (Wildman–Crippen MR) is 85.4 cm³/mol. The molecule has 1 aromatic carbocycles. The van der Waals surface area contributed by atoms with Crippen LogP contribution in [0.15, 0.2) is 24.4 Å². The van der Waals surface area contributed by atoms with Crippen molar-refractivity contribution in [1.82, 2.24) is 10.2 Å². The standard InChI is InChI=1S/C16H21N3O4/c1-4-23-16(20)12(17)7-11-9-18-19-15(11)10-5-6-13(21-2)14(8-10)22-3/h5-6,8-9,12H,4,7,17H2,1-3H3,(H,18,19). The van der Waals surface area contributed by atoms with E-state index in [0.29, 0.717) is 24.5 Å². The van der Waals surface area contributed by atoms with Gasteiger partial charge in [-0.15, -0.1) is 0 Å². The van der Waals surface area contributed by atoms with Crippen LogP contribution in [0.1, 0.15) is 12.5 Å². The molecule has 0 aliphatic rings. The number of aromatic nitrogens is 2. The van der Waals surface area contributed by atoms with E-state index in [2.05, 4.69) is 10.2 Å². The van der Waals surface area contributed by atoms with Crippen LogP contribution in [-0.4, -0.2) is 43.0 Å². The first-order valence-electron chi connectivity index (χ1n) is 7.27. The number of hydrogen-bond donors (Lipinski definition) is 2. The van der Waals surface area contributed by atoms with Crippen LogP contribution >= 0.6 is 0 Å². The Morgan fingerprint density at radius 1 is 1.30 bits per heavy atom. The average Bonchev–Trinajstić information content (AvgIpc) is 3.02.